The van der Waals surface area contributed by atoms with Gasteiger partial charge >= 0.3 is 0 Å². The van der Waals surface area contributed by atoms with Crippen molar-refractivity contribution < 1.29 is 19.1 Å². The van der Waals surface area contributed by atoms with Gasteiger partial charge in [-0.15, -0.1) is 0 Å². The van der Waals surface area contributed by atoms with Crippen molar-refractivity contribution >= 4 is 11.8 Å². The molecule has 2 atom stereocenters. The summed E-state index contributed by atoms with van der Waals surface area (Å²) < 4.78 is 10.9. The van der Waals surface area contributed by atoms with E-state index in [1.807, 2.05) is 0 Å². The number of nitrogens with zero attached hydrogens (tertiary/aromatic N) is 1. The Morgan fingerprint density at radius 1 is 1.32 bits per heavy atom. The molecule has 0 radical (unpaired) electrons. The topological polar surface area (TPSA) is 119 Å². The van der Waals surface area contributed by atoms with Crippen molar-refractivity contribution in [1.29, 1.82) is 0 Å². The van der Waals surface area contributed by atoms with Gasteiger partial charge in [0.2, 0.25) is 5.91 Å². The van der Waals surface area contributed by atoms with E-state index >= 15 is 0 Å². The number of aromatic nitrogens is 2. The fraction of sp³-hybridized carbons (Fsp3) is 0.706. The van der Waals surface area contributed by atoms with Gasteiger partial charge in [-0.25, -0.2) is 0 Å². The second-order valence-electron chi connectivity index (χ2n) is 6.79. The Hall–Kier alpha value is -1.93. The number of nitrogens with two attached hydrogens (primary N) is 1. The van der Waals surface area contributed by atoms with Gasteiger partial charge in [0, 0.05) is 12.5 Å². The lowest BCUT2D eigenvalue weighted by Gasteiger charge is -2.32. The monoisotopic (exact) mass is 350 g/mol. The number of nitrogens with one attached hydrogen (secondary N) is 2. The standard InChI is InChI=1S/C17H26N4O4/c18-15(22)10-25-14-9-24-7-6-13(14)20-17(23)12-8-19-21-16(12)11-4-2-1-3-5-11/h8,11,13-14H,1-7,9-10H2,(H2,18,22)(H,19,21)(H,20,23)/t13-,14-/m1/s1. The van der Waals surface area contributed by atoms with E-state index in [0.717, 1.165) is 18.5 Å². The molecule has 4 N–H and O–H groups in total. The van der Waals surface area contributed by atoms with Crippen LogP contribution in [-0.2, 0) is 14.3 Å². The molecule has 1 aromatic rings. The van der Waals surface area contributed by atoms with Crippen LogP contribution >= 0.6 is 0 Å². The summed E-state index contributed by atoms with van der Waals surface area (Å²) in [5.41, 5.74) is 6.66. The average molecular weight is 350 g/mol. The van der Waals surface area contributed by atoms with E-state index in [0.29, 0.717) is 31.1 Å². The SMILES string of the molecule is NC(=O)CO[C@@H]1COCC[C@H]1NC(=O)c1cn[nH]c1C1CCCCC1. The molecule has 0 spiro atoms. The second kappa shape index (κ2) is 8.44. The molecule has 8 nitrogen and oxygen atoms in total. The summed E-state index contributed by atoms with van der Waals surface area (Å²) in [7, 11) is 0. The van der Waals surface area contributed by atoms with Crippen LogP contribution in [0.4, 0.5) is 0 Å². The minimum absolute atomic E-state index is 0.158. The summed E-state index contributed by atoms with van der Waals surface area (Å²) >= 11 is 0. The maximum atomic E-state index is 12.8. The van der Waals surface area contributed by atoms with E-state index in [1.54, 1.807) is 6.20 Å². The molecule has 0 unspecified atom stereocenters. The summed E-state index contributed by atoms with van der Waals surface area (Å²) in [5.74, 6) is -0.326. The van der Waals surface area contributed by atoms with E-state index < -0.39 is 5.91 Å². The van der Waals surface area contributed by atoms with Gasteiger partial charge in [-0.3, -0.25) is 14.7 Å². The van der Waals surface area contributed by atoms with Crippen molar-refractivity contribution in [2.45, 2.75) is 56.6 Å². The Labute approximate surface area is 146 Å². The van der Waals surface area contributed by atoms with Gasteiger partial charge in [0.15, 0.2) is 0 Å². The molecular formula is C17H26N4O4. The van der Waals surface area contributed by atoms with Gasteiger partial charge in [-0.2, -0.15) is 5.10 Å². The molecule has 1 saturated carbocycles. The van der Waals surface area contributed by atoms with Gasteiger partial charge in [-0.05, 0) is 19.3 Å². The Morgan fingerprint density at radius 3 is 2.88 bits per heavy atom. The third kappa shape index (κ3) is 4.58. The van der Waals surface area contributed by atoms with Crippen molar-refractivity contribution in [2.24, 2.45) is 5.73 Å². The largest absolute Gasteiger partial charge is 0.379 e. The van der Waals surface area contributed by atoms with Gasteiger partial charge in [0.05, 0.1) is 30.1 Å². The molecular weight excluding hydrogens is 324 g/mol. The number of amides is 2. The summed E-state index contributed by atoms with van der Waals surface area (Å²) in [6, 6.07) is -0.213. The first-order chi connectivity index (χ1) is 12.1. The Morgan fingerprint density at radius 2 is 2.12 bits per heavy atom. The van der Waals surface area contributed by atoms with Crippen molar-refractivity contribution in [1.82, 2.24) is 15.5 Å². The first-order valence-corrected chi connectivity index (χ1v) is 8.97. The van der Waals surface area contributed by atoms with Crippen LogP contribution in [0.2, 0.25) is 0 Å². The number of H-pyrrole nitrogens is 1. The molecule has 1 aliphatic carbocycles. The van der Waals surface area contributed by atoms with Gasteiger partial charge in [0.1, 0.15) is 12.7 Å². The number of aromatic amines is 1. The lowest BCUT2D eigenvalue weighted by Crippen LogP contribution is -2.50. The van der Waals surface area contributed by atoms with Crippen LogP contribution in [0.15, 0.2) is 6.20 Å². The van der Waals surface area contributed by atoms with Gasteiger partial charge in [0.25, 0.3) is 5.91 Å². The van der Waals surface area contributed by atoms with E-state index in [4.69, 9.17) is 15.2 Å². The molecule has 138 valence electrons. The smallest absolute Gasteiger partial charge is 0.255 e. The third-order valence-corrected chi connectivity index (χ3v) is 4.99. The van der Waals surface area contributed by atoms with Crippen LogP contribution in [-0.4, -0.2) is 54.0 Å². The molecule has 1 aromatic heterocycles. The molecule has 2 amide bonds. The lowest BCUT2D eigenvalue weighted by atomic mass is 9.85. The molecule has 2 heterocycles. The number of ether oxygens (including phenoxy) is 2. The predicted octanol–water partition coefficient (Wildman–Crippen LogP) is 0.847. The third-order valence-electron chi connectivity index (χ3n) is 4.99. The maximum absolute atomic E-state index is 12.8. The predicted molar refractivity (Wildman–Crippen MR) is 90.0 cm³/mol. The fourth-order valence-electron chi connectivity index (χ4n) is 3.66. The van der Waals surface area contributed by atoms with Crippen LogP contribution in [0.3, 0.4) is 0 Å². The number of carbonyl (C=O) groups excluding carboxylic acids is 2. The summed E-state index contributed by atoms with van der Waals surface area (Å²) in [5, 5.41) is 10.1. The van der Waals surface area contributed by atoms with Crippen molar-refractivity contribution in [2.75, 3.05) is 19.8 Å². The van der Waals surface area contributed by atoms with E-state index in [9.17, 15) is 9.59 Å². The first kappa shape index (κ1) is 17.9. The Bertz CT molecular complexity index is 597. The minimum atomic E-state index is -0.537. The van der Waals surface area contributed by atoms with E-state index in [1.165, 1.54) is 19.3 Å². The first-order valence-electron chi connectivity index (χ1n) is 8.97. The number of rotatable bonds is 6. The quantitative estimate of drug-likeness (QED) is 0.702. The van der Waals surface area contributed by atoms with E-state index in [-0.39, 0.29) is 24.7 Å². The Kier molecular flexibility index (Phi) is 6.04. The van der Waals surface area contributed by atoms with Crippen LogP contribution in [0.5, 0.6) is 0 Å². The van der Waals surface area contributed by atoms with Gasteiger partial charge < -0.3 is 20.5 Å². The van der Waals surface area contributed by atoms with Crippen LogP contribution in [0.25, 0.3) is 0 Å². The molecule has 25 heavy (non-hydrogen) atoms. The van der Waals surface area contributed by atoms with Crippen molar-refractivity contribution in [3.05, 3.63) is 17.5 Å². The van der Waals surface area contributed by atoms with E-state index in [2.05, 4.69) is 15.5 Å². The molecule has 8 heteroatoms. The highest BCUT2D eigenvalue weighted by Gasteiger charge is 2.30. The lowest BCUT2D eigenvalue weighted by molar-refractivity contribution is -0.129. The van der Waals surface area contributed by atoms with Crippen molar-refractivity contribution in [3.8, 4) is 0 Å². The summed E-state index contributed by atoms with van der Waals surface area (Å²) in [6.45, 7) is 0.695. The van der Waals surface area contributed by atoms with Gasteiger partial charge in [-0.1, -0.05) is 19.3 Å². The number of hydrogen-bond donors (Lipinski definition) is 3. The van der Waals surface area contributed by atoms with Crippen molar-refractivity contribution in [3.63, 3.8) is 0 Å². The number of carbonyl (C=O) groups is 2. The molecule has 3 rings (SSSR count). The molecule has 2 aliphatic rings. The zero-order valence-corrected chi connectivity index (χ0v) is 14.3. The van der Waals surface area contributed by atoms with Crippen LogP contribution in [0.1, 0.15) is 60.5 Å². The minimum Gasteiger partial charge on any atom is -0.379 e. The maximum Gasteiger partial charge on any atom is 0.255 e. The van der Waals surface area contributed by atoms with Crippen LogP contribution in [0, 0.1) is 0 Å². The second-order valence-corrected chi connectivity index (χ2v) is 6.79. The molecule has 0 bridgehead atoms. The highest BCUT2D eigenvalue weighted by Crippen LogP contribution is 2.33. The summed E-state index contributed by atoms with van der Waals surface area (Å²) in [6.07, 6.45) is 7.65. The normalized spacial score (nSPS) is 24.8. The average Bonchev–Trinajstić information content (AvgIpc) is 3.11. The molecule has 1 saturated heterocycles. The number of primary amides is 1. The zero-order valence-electron chi connectivity index (χ0n) is 14.3. The Balaban J connectivity index is 1.64. The highest BCUT2D eigenvalue weighted by molar-refractivity contribution is 5.95. The molecule has 2 fully saturated rings. The molecule has 0 aromatic carbocycles. The fourth-order valence-corrected chi connectivity index (χ4v) is 3.66. The highest BCUT2D eigenvalue weighted by atomic mass is 16.5. The number of hydrogen-bond acceptors (Lipinski definition) is 5. The zero-order chi connectivity index (χ0) is 17.6. The molecule has 1 aliphatic heterocycles. The van der Waals surface area contributed by atoms with Crippen LogP contribution < -0.4 is 11.1 Å². The summed E-state index contributed by atoms with van der Waals surface area (Å²) in [4.78, 5) is 23.7.